The number of carboxylic acid groups (broad SMARTS) is 2. The lowest BCUT2D eigenvalue weighted by Gasteiger charge is -2.18. The van der Waals surface area contributed by atoms with E-state index in [1.165, 1.54) is 0 Å². The smallest absolute Gasteiger partial charge is 0.320 e. The van der Waals surface area contributed by atoms with Gasteiger partial charge in [-0.25, -0.2) is 9.97 Å². The number of nitrogens with zero attached hydrogens (tertiary/aromatic N) is 2. The number of aliphatic carboxylic acids is 2. The van der Waals surface area contributed by atoms with Crippen LogP contribution >= 0.6 is 0 Å². The van der Waals surface area contributed by atoms with Gasteiger partial charge in [-0.3, -0.25) is 20.2 Å². The normalized spacial score (nSPS) is 13.7. The number of carbonyl (C=O) groups is 2. The van der Waals surface area contributed by atoms with Crippen LogP contribution in [0.1, 0.15) is 39.1 Å². The maximum Gasteiger partial charge on any atom is 0.320 e. The third-order valence-corrected chi connectivity index (χ3v) is 5.51. The minimum absolute atomic E-state index is 0.0500. The van der Waals surface area contributed by atoms with Crippen molar-refractivity contribution in [2.45, 2.75) is 52.9 Å². The first-order valence-electron chi connectivity index (χ1n) is 10.8. The van der Waals surface area contributed by atoms with E-state index < -0.39 is 24.0 Å². The van der Waals surface area contributed by atoms with Crippen LogP contribution in [-0.4, -0.2) is 44.2 Å². The van der Waals surface area contributed by atoms with Crippen LogP contribution in [0.3, 0.4) is 0 Å². The van der Waals surface area contributed by atoms with Crippen LogP contribution in [0.15, 0.2) is 36.4 Å². The summed E-state index contributed by atoms with van der Waals surface area (Å²) in [5.41, 5.74) is 2.93. The van der Waals surface area contributed by atoms with Gasteiger partial charge in [0.15, 0.2) is 0 Å². The summed E-state index contributed by atoms with van der Waals surface area (Å²) >= 11 is 0. The number of aromatic nitrogens is 2. The van der Waals surface area contributed by atoms with E-state index in [1.54, 1.807) is 0 Å². The maximum atomic E-state index is 11.4. The lowest BCUT2D eigenvalue weighted by Crippen LogP contribution is -2.40. The first-order chi connectivity index (χ1) is 15.2. The van der Waals surface area contributed by atoms with Gasteiger partial charge >= 0.3 is 11.9 Å². The highest BCUT2D eigenvalue weighted by Crippen LogP contribution is 2.23. The van der Waals surface area contributed by atoms with Crippen molar-refractivity contribution < 1.29 is 19.8 Å². The van der Waals surface area contributed by atoms with Crippen LogP contribution in [0, 0.1) is 11.8 Å². The summed E-state index contributed by atoms with van der Waals surface area (Å²) < 4.78 is 0. The molecule has 2 heterocycles. The molecule has 170 valence electrons. The summed E-state index contributed by atoms with van der Waals surface area (Å²) in [5, 5.41) is 26.8. The average Bonchev–Trinajstić information content (AvgIpc) is 2.72. The zero-order valence-corrected chi connectivity index (χ0v) is 18.8. The molecule has 32 heavy (non-hydrogen) atoms. The quantitative estimate of drug-likeness (QED) is 0.356. The van der Waals surface area contributed by atoms with Crippen LogP contribution in [-0.2, 0) is 22.7 Å². The highest BCUT2D eigenvalue weighted by Gasteiger charge is 2.21. The SMILES string of the molecule is CC(C)[C@H](NCc1ccc2ccc3ccc(CN[C@H](C(=O)O)C(C)C)nc3c2n1)C(=O)O. The summed E-state index contributed by atoms with van der Waals surface area (Å²) in [6.45, 7) is 8.11. The van der Waals surface area contributed by atoms with E-state index in [2.05, 4.69) is 10.6 Å². The number of rotatable bonds is 10. The molecule has 0 bridgehead atoms. The highest BCUT2D eigenvalue weighted by atomic mass is 16.4. The Morgan fingerprint density at radius 1 is 0.719 bits per heavy atom. The second-order valence-corrected chi connectivity index (χ2v) is 8.70. The van der Waals surface area contributed by atoms with E-state index in [4.69, 9.17) is 9.97 Å². The fourth-order valence-electron chi connectivity index (χ4n) is 3.69. The van der Waals surface area contributed by atoms with Gasteiger partial charge in [0, 0.05) is 23.9 Å². The molecule has 0 saturated carbocycles. The summed E-state index contributed by atoms with van der Waals surface area (Å²) in [6, 6.07) is 10.3. The van der Waals surface area contributed by atoms with Gasteiger partial charge in [-0.15, -0.1) is 0 Å². The van der Waals surface area contributed by atoms with Crippen LogP contribution in [0.2, 0.25) is 0 Å². The van der Waals surface area contributed by atoms with Gasteiger partial charge in [0.05, 0.1) is 22.4 Å². The maximum absolute atomic E-state index is 11.4. The number of benzene rings is 1. The molecule has 0 fully saturated rings. The summed E-state index contributed by atoms with van der Waals surface area (Å²) in [6.07, 6.45) is 0. The monoisotopic (exact) mass is 438 g/mol. The van der Waals surface area contributed by atoms with E-state index in [0.29, 0.717) is 13.1 Å². The molecule has 0 spiro atoms. The molecule has 0 radical (unpaired) electrons. The average molecular weight is 439 g/mol. The molecule has 0 aliphatic heterocycles. The first-order valence-corrected chi connectivity index (χ1v) is 10.8. The molecule has 4 N–H and O–H groups in total. The minimum atomic E-state index is -0.883. The van der Waals surface area contributed by atoms with Gasteiger partial charge in [-0.05, 0) is 24.0 Å². The lowest BCUT2D eigenvalue weighted by molar-refractivity contribution is -0.141. The Bertz CT molecular complexity index is 1040. The number of nitrogens with one attached hydrogen (secondary N) is 2. The molecule has 0 unspecified atom stereocenters. The van der Waals surface area contributed by atoms with Crippen molar-refractivity contribution in [2.75, 3.05) is 0 Å². The molecule has 1 aromatic carbocycles. The zero-order chi connectivity index (χ0) is 23.4. The van der Waals surface area contributed by atoms with Crippen molar-refractivity contribution in [3.05, 3.63) is 47.8 Å². The van der Waals surface area contributed by atoms with E-state index >= 15 is 0 Å². The highest BCUT2D eigenvalue weighted by molar-refractivity contribution is 6.02. The van der Waals surface area contributed by atoms with Gasteiger partial charge in [0.1, 0.15) is 12.1 Å². The Hall–Kier alpha value is -3.10. The van der Waals surface area contributed by atoms with Crippen molar-refractivity contribution in [3.63, 3.8) is 0 Å². The van der Waals surface area contributed by atoms with Gasteiger partial charge in [-0.2, -0.15) is 0 Å². The number of hydrogen-bond acceptors (Lipinski definition) is 6. The van der Waals surface area contributed by atoms with Gasteiger partial charge in [0.25, 0.3) is 0 Å². The van der Waals surface area contributed by atoms with Crippen LogP contribution in [0.4, 0.5) is 0 Å². The third-order valence-electron chi connectivity index (χ3n) is 5.51. The minimum Gasteiger partial charge on any atom is -0.480 e. The number of carboxylic acids is 2. The van der Waals surface area contributed by atoms with Gasteiger partial charge in [0.2, 0.25) is 0 Å². The first kappa shape index (κ1) is 23.6. The van der Waals surface area contributed by atoms with Crippen LogP contribution in [0.5, 0.6) is 0 Å². The van der Waals surface area contributed by atoms with Crippen LogP contribution < -0.4 is 10.6 Å². The topological polar surface area (TPSA) is 124 Å². The lowest BCUT2D eigenvalue weighted by atomic mass is 10.0. The molecule has 3 rings (SSSR count). The largest absolute Gasteiger partial charge is 0.480 e. The molecular formula is C24H30N4O4. The fourth-order valence-corrected chi connectivity index (χ4v) is 3.69. The predicted molar refractivity (Wildman–Crippen MR) is 123 cm³/mol. The second-order valence-electron chi connectivity index (χ2n) is 8.70. The molecule has 0 aliphatic rings. The van der Waals surface area contributed by atoms with Crippen molar-refractivity contribution in [2.24, 2.45) is 11.8 Å². The Morgan fingerprint density at radius 3 is 1.38 bits per heavy atom. The number of hydrogen-bond donors (Lipinski definition) is 4. The fraction of sp³-hybridized carbons (Fsp3) is 0.417. The number of fused-ring (bicyclic) bond motifs is 3. The van der Waals surface area contributed by atoms with E-state index in [1.807, 2.05) is 64.1 Å². The van der Waals surface area contributed by atoms with Crippen molar-refractivity contribution in [3.8, 4) is 0 Å². The Balaban J connectivity index is 1.89. The molecule has 0 amide bonds. The third kappa shape index (κ3) is 5.38. The van der Waals surface area contributed by atoms with Crippen molar-refractivity contribution >= 4 is 33.7 Å². The van der Waals surface area contributed by atoms with Gasteiger partial charge < -0.3 is 10.2 Å². The molecule has 0 saturated heterocycles. The molecule has 0 aliphatic carbocycles. The molecule has 2 atom stereocenters. The van der Waals surface area contributed by atoms with Crippen molar-refractivity contribution in [1.29, 1.82) is 0 Å². The summed E-state index contributed by atoms with van der Waals surface area (Å²) in [7, 11) is 0. The molecular weight excluding hydrogens is 408 g/mol. The van der Waals surface area contributed by atoms with E-state index in [9.17, 15) is 19.8 Å². The Morgan fingerprint density at radius 2 is 1.06 bits per heavy atom. The molecule has 8 heteroatoms. The molecule has 3 aromatic rings. The van der Waals surface area contributed by atoms with E-state index in [-0.39, 0.29) is 11.8 Å². The molecule has 2 aromatic heterocycles. The number of pyridine rings is 2. The predicted octanol–water partition coefficient (Wildman–Crippen LogP) is 3.18. The van der Waals surface area contributed by atoms with Crippen LogP contribution in [0.25, 0.3) is 21.8 Å². The van der Waals surface area contributed by atoms with E-state index in [0.717, 1.165) is 33.2 Å². The standard InChI is InChI=1S/C24H30N4O4/c1-13(2)19(23(29)30)25-11-17-9-7-15-5-6-16-8-10-18(28-22(16)21(15)27-17)12-26-20(14(3)4)24(31)32/h5-10,13-14,19-20,25-26H,11-12H2,1-4H3,(H,29,30)(H,31,32)/t19-,20-/m0/s1. The summed E-state index contributed by atoms with van der Waals surface area (Å²) in [5.74, 6) is -1.87. The summed E-state index contributed by atoms with van der Waals surface area (Å²) in [4.78, 5) is 32.4. The van der Waals surface area contributed by atoms with Gasteiger partial charge in [-0.1, -0.05) is 52.0 Å². The molecule has 8 nitrogen and oxygen atoms in total. The second kappa shape index (κ2) is 10.0. The Labute approximate surface area is 187 Å². The van der Waals surface area contributed by atoms with Crippen molar-refractivity contribution in [1.82, 2.24) is 20.6 Å². The Kier molecular flexibility index (Phi) is 7.37. The zero-order valence-electron chi connectivity index (χ0n) is 18.8.